The lowest BCUT2D eigenvalue weighted by molar-refractivity contribution is -0.211. The van der Waals surface area contributed by atoms with Gasteiger partial charge in [-0.3, -0.25) is 4.79 Å². The highest BCUT2D eigenvalue weighted by molar-refractivity contribution is 5.87. The number of nitrogens with zero attached hydrogens (tertiary/aromatic N) is 1. The molecule has 4 saturated heterocycles. The van der Waals surface area contributed by atoms with Gasteiger partial charge in [0.2, 0.25) is 0 Å². The lowest BCUT2D eigenvalue weighted by atomic mass is 9.65. The summed E-state index contributed by atoms with van der Waals surface area (Å²) in [7, 11) is 0. The summed E-state index contributed by atoms with van der Waals surface area (Å²) in [6, 6.07) is 0. The molecule has 5 heteroatoms. The average Bonchev–Trinajstić information content (AvgIpc) is 2.96. The lowest BCUT2D eigenvalue weighted by Gasteiger charge is -2.44. The molecule has 94 valence electrons. The molecule has 4 aliphatic rings. The first-order chi connectivity index (χ1) is 8.22. The molecule has 0 radical (unpaired) electrons. The van der Waals surface area contributed by atoms with Gasteiger partial charge in [-0.15, -0.1) is 0 Å². The van der Waals surface area contributed by atoms with Crippen LogP contribution in [0.1, 0.15) is 25.7 Å². The van der Waals surface area contributed by atoms with Gasteiger partial charge in [0.15, 0.2) is 6.29 Å². The van der Waals surface area contributed by atoms with E-state index in [1.807, 2.05) is 4.90 Å². The molecule has 17 heavy (non-hydrogen) atoms. The molecule has 0 aromatic heterocycles. The summed E-state index contributed by atoms with van der Waals surface area (Å²) in [5, 5.41) is 10.4. The van der Waals surface area contributed by atoms with Crippen molar-refractivity contribution in [1.29, 1.82) is 0 Å². The Kier molecular flexibility index (Phi) is 1.83. The van der Waals surface area contributed by atoms with Gasteiger partial charge < -0.3 is 19.5 Å². The van der Waals surface area contributed by atoms with Gasteiger partial charge in [0, 0.05) is 13.2 Å². The van der Waals surface area contributed by atoms with Gasteiger partial charge in [0.1, 0.15) is 6.10 Å². The minimum absolute atomic E-state index is 0.110. The first kappa shape index (κ1) is 10.3. The Labute approximate surface area is 99.7 Å². The van der Waals surface area contributed by atoms with Crippen LogP contribution < -0.4 is 0 Å². The molecule has 1 amide bonds. The quantitative estimate of drug-likeness (QED) is 0.640. The number of carbonyl (C=O) groups excluding carboxylic acids is 1. The highest BCUT2D eigenvalue weighted by Crippen LogP contribution is 2.62. The highest BCUT2D eigenvalue weighted by atomic mass is 16.7. The van der Waals surface area contributed by atoms with Crippen LogP contribution in [-0.4, -0.2) is 53.6 Å². The normalized spacial score (nSPS) is 52.5. The van der Waals surface area contributed by atoms with Gasteiger partial charge in [0.25, 0.3) is 5.91 Å². The van der Waals surface area contributed by atoms with E-state index in [-0.39, 0.29) is 11.4 Å². The second-order valence-corrected chi connectivity index (χ2v) is 5.69. The van der Waals surface area contributed by atoms with E-state index in [4.69, 9.17) is 9.47 Å². The minimum Gasteiger partial charge on any atom is -0.382 e. The van der Waals surface area contributed by atoms with Gasteiger partial charge >= 0.3 is 0 Å². The van der Waals surface area contributed by atoms with E-state index in [1.165, 1.54) is 0 Å². The summed E-state index contributed by atoms with van der Waals surface area (Å²) in [6.45, 7) is 1.96. The van der Waals surface area contributed by atoms with Gasteiger partial charge in [0.05, 0.1) is 17.6 Å². The molecular weight excluding hydrogens is 222 g/mol. The van der Waals surface area contributed by atoms with Crippen molar-refractivity contribution in [3.8, 4) is 0 Å². The fraction of sp³-hybridized carbons (Fsp3) is 0.917. The Morgan fingerprint density at radius 2 is 2.18 bits per heavy atom. The summed E-state index contributed by atoms with van der Waals surface area (Å²) in [4.78, 5) is 14.1. The van der Waals surface area contributed by atoms with Crippen molar-refractivity contribution in [1.82, 2.24) is 4.90 Å². The van der Waals surface area contributed by atoms with Crippen LogP contribution in [0, 0.1) is 5.41 Å². The van der Waals surface area contributed by atoms with Crippen LogP contribution in [0.25, 0.3) is 0 Å². The topological polar surface area (TPSA) is 59.0 Å². The fourth-order valence-corrected chi connectivity index (χ4v) is 4.54. The van der Waals surface area contributed by atoms with E-state index < -0.39 is 17.8 Å². The van der Waals surface area contributed by atoms with Crippen LogP contribution in [0.3, 0.4) is 0 Å². The third-order valence-electron chi connectivity index (χ3n) is 5.24. The molecular formula is C12H17NO4. The molecule has 0 bridgehead atoms. The summed E-state index contributed by atoms with van der Waals surface area (Å²) in [5.74, 6) is -0.110. The molecule has 0 aromatic carbocycles. The Bertz CT molecular complexity index is 387. The van der Waals surface area contributed by atoms with E-state index >= 15 is 0 Å². The van der Waals surface area contributed by atoms with Gasteiger partial charge in [-0.2, -0.15) is 0 Å². The largest absolute Gasteiger partial charge is 0.382 e. The van der Waals surface area contributed by atoms with Gasteiger partial charge in [-0.1, -0.05) is 0 Å². The van der Waals surface area contributed by atoms with Gasteiger partial charge in [-0.25, -0.2) is 0 Å². The molecule has 4 fully saturated rings. The van der Waals surface area contributed by atoms with Crippen LogP contribution in [-0.2, 0) is 14.3 Å². The number of aliphatic hydroxyl groups excluding tert-OH is 1. The maximum absolute atomic E-state index is 12.2. The van der Waals surface area contributed by atoms with Gasteiger partial charge in [-0.05, 0) is 25.7 Å². The van der Waals surface area contributed by atoms with Crippen LogP contribution in [0.15, 0.2) is 0 Å². The summed E-state index contributed by atoms with van der Waals surface area (Å²) in [6.07, 6.45) is 2.36. The lowest BCUT2D eigenvalue weighted by Crippen LogP contribution is -2.56. The van der Waals surface area contributed by atoms with E-state index in [2.05, 4.69) is 0 Å². The molecule has 4 heterocycles. The summed E-state index contributed by atoms with van der Waals surface area (Å²) in [5.41, 5.74) is -0.784. The first-order valence-electron chi connectivity index (χ1n) is 6.45. The zero-order chi connectivity index (χ0) is 11.7. The number of ether oxygens (including phenoxy) is 2. The standard InChI is InChI=1S/C12H17NO4/c14-8-9(15)13-5-1-3-11(13)7-17-10-12(8,11)4-2-6-16-10/h8,10,14H,1-7H2/t8-,10+,11+,12-/m1/s1. The number of aliphatic hydroxyl groups is 1. The smallest absolute Gasteiger partial charge is 0.252 e. The van der Waals surface area contributed by atoms with Crippen molar-refractivity contribution in [2.45, 2.75) is 43.6 Å². The zero-order valence-corrected chi connectivity index (χ0v) is 9.72. The second kappa shape index (κ2) is 3.02. The fourth-order valence-electron chi connectivity index (χ4n) is 4.54. The monoisotopic (exact) mass is 239 g/mol. The molecule has 4 rings (SSSR count). The van der Waals surface area contributed by atoms with Crippen molar-refractivity contribution in [2.24, 2.45) is 5.41 Å². The average molecular weight is 239 g/mol. The molecule has 0 aliphatic carbocycles. The van der Waals surface area contributed by atoms with Crippen LogP contribution in [0.4, 0.5) is 0 Å². The van der Waals surface area contributed by atoms with Crippen molar-refractivity contribution < 1.29 is 19.4 Å². The van der Waals surface area contributed by atoms with E-state index in [9.17, 15) is 9.90 Å². The van der Waals surface area contributed by atoms with Crippen LogP contribution in [0.2, 0.25) is 0 Å². The van der Waals surface area contributed by atoms with E-state index in [0.717, 1.165) is 32.2 Å². The first-order valence-corrected chi connectivity index (χ1v) is 6.45. The third kappa shape index (κ3) is 0.893. The summed E-state index contributed by atoms with van der Waals surface area (Å²) >= 11 is 0. The summed E-state index contributed by atoms with van der Waals surface area (Å²) < 4.78 is 11.4. The Balaban J connectivity index is 1.89. The molecule has 0 saturated carbocycles. The number of hydrogen-bond acceptors (Lipinski definition) is 4. The van der Waals surface area contributed by atoms with Crippen molar-refractivity contribution in [3.05, 3.63) is 0 Å². The molecule has 1 N–H and O–H groups in total. The van der Waals surface area contributed by atoms with Crippen molar-refractivity contribution in [2.75, 3.05) is 19.8 Å². The second-order valence-electron chi connectivity index (χ2n) is 5.69. The third-order valence-corrected chi connectivity index (χ3v) is 5.24. The number of amides is 1. The van der Waals surface area contributed by atoms with Crippen molar-refractivity contribution >= 4 is 5.91 Å². The zero-order valence-electron chi connectivity index (χ0n) is 9.72. The highest BCUT2D eigenvalue weighted by Gasteiger charge is 2.76. The Hall–Kier alpha value is -0.650. The minimum atomic E-state index is -0.935. The maximum Gasteiger partial charge on any atom is 0.252 e. The molecule has 0 unspecified atom stereocenters. The molecule has 5 nitrogen and oxygen atoms in total. The van der Waals surface area contributed by atoms with E-state index in [1.54, 1.807) is 0 Å². The maximum atomic E-state index is 12.2. The molecule has 2 spiro atoms. The Morgan fingerprint density at radius 3 is 3.06 bits per heavy atom. The molecule has 4 aliphatic heterocycles. The van der Waals surface area contributed by atoms with Crippen molar-refractivity contribution in [3.63, 3.8) is 0 Å². The van der Waals surface area contributed by atoms with Crippen LogP contribution in [0.5, 0.6) is 0 Å². The number of carbonyl (C=O) groups is 1. The number of hydrogen-bond donors (Lipinski definition) is 1. The SMILES string of the molecule is O=C1[C@@H](O)[C@]23CCCO[C@H]2OC[C@@]32CCCN12. The van der Waals surface area contributed by atoms with E-state index in [0.29, 0.717) is 13.2 Å². The number of rotatable bonds is 0. The molecule has 0 aromatic rings. The molecule has 4 atom stereocenters. The predicted octanol–water partition coefficient (Wildman–Crippen LogP) is -0.125. The van der Waals surface area contributed by atoms with Crippen LogP contribution >= 0.6 is 0 Å². The predicted molar refractivity (Wildman–Crippen MR) is 57.0 cm³/mol. The Morgan fingerprint density at radius 1 is 1.29 bits per heavy atom.